The monoisotopic (exact) mass is 359 g/mol. The van der Waals surface area contributed by atoms with Crippen molar-refractivity contribution in [3.8, 4) is 17.2 Å². The summed E-state index contributed by atoms with van der Waals surface area (Å²) in [7, 11) is 3.29. The normalized spacial score (nSPS) is 12.3. The summed E-state index contributed by atoms with van der Waals surface area (Å²) in [6, 6.07) is 15.7. The van der Waals surface area contributed by atoms with Gasteiger partial charge in [-0.3, -0.25) is 4.90 Å². The van der Waals surface area contributed by atoms with E-state index < -0.39 is 6.10 Å². The van der Waals surface area contributed by atoms with Crippen LogP contribution in [-0.4, -0.2) is 49.5 Å². The second kappa shape index (κ2) is 10.0. The van der Waals surface area contributed by atoms with Crippen LogP contribution >= 0.6 is 0 Å². The SMILES string of the molecule is COc1ccc(CN(C[C@@H](O)COc2ccc(OC)cc2)C(C)C)cc1. The first-order chi connectivity index (χ1) is 12.5. The van der Waals surface area contributed by atoms with E-state index in [1.165, 1.54) is 5.56 Å². The van der Waals surface area contributed by atoms with Gasteiger partial charge in [-0.15, -0.1) is 0 Å². The average Bonchev–Trinajstić information content (AvgIpc) is 2.66. The molecule has 0 fully saturated rings. The largest absolute Gasteiger partial charge is 0.497 e. The molecule has 2 rings (SSSR count). The molecule has 0 aliphatic rings. The second-order valence-corrected chi connectivity index (χ2v) is 6.51. The molecule has 1 N–H and O–H groups in total. The van der Waals surface area contributed by atoms with Crippen molar-refractivity contribution in [1.29, 1.82) is 0 Å². The van der Waals surface area contributed by atoms with Gasteiger partial charge in [-0.05, 0) is 55.8 Å². The number of hydrogen-bond donors (Lipinski definition) is 1. The predicted molar refractivity (Wildman–Crippen MR) is 103 cm³/mol. The van der Waals surface area contributed by atoms with Gasteiger partial charge in [0.05, 0.1) is 14.2 Å². The molecule has 0 unspecified atom stereocenters. The number of methoxy groups -OCH3 is 2. The smallest absolute Gasteiger partial charge is 0.119 e. The fraction of sp³-hybridized carbons (Fsp3) is 0.429. The Bertz CT molecular complexity index is 640. The van der Waals surface area contributed by atoms with Crippen LogP contribution in [-0.2, 0) is 6.54 Å². The third kappa shape index (κ3) is 6.24. The van der Waals surface area contributed by atoms with Crippen LogP contribution in [0, 0.1) is 0 Å². The number of benzene rings is 2. The Morgan fingerprint density at radius 2 is 1.35 bits per heavy atom. The maximum atomic E-state index is 10.4. The van der Waals surface area contributed by atoms with Gasteiger partial charge in [0, 0.05) is 19.1 Å². The molecule has 0 saturated carbocycles. The van der Waals surface area contributed by atoms with Crippen molar-refractivity contribution in [3.63, 3.8) is 0 Å². The molecule has 1 atom stereocenters. The third-order valence-corrected chi connectivity index (χ3v) is 4.22. The number of aliphatic hydroxyl groups is 1. The fourth-order valence-corrected chi connectivity index (χ4v) is 2.61. The van der Waals surface area contributed by atoms with Crippen LogP contribution in [0.4, 0.5) is 0 Å². The van der Waals surface area contributed by atoms with Crippen molar-refractivity contribution in [2.45, 2.75) is 32.5 Å². The maximum absolute atomic E-state index is 10.4. The zero-order valence-corrected chi connectivity index (χ0v) is 16.0. The molecule has 0 heterocycles. The fourth-order valence-electron chi connectivity index (χ4n) is 2.61. The van der Waals surface area contributed by atoms with Gasteiger partial charge in [0.25, 0.3) is 0 Å². The van der Waals surface area contributed by atoms with E-state index in [4.69, 9.17) is 14.2 Å². The molecule has 0 aliphatic heterocycles. The van der Waals surface area contributed by atoms with Crippen LogP contribution in [0.1, 0.15) is 19.4 Å². The highest BCUT2D eigenvalue weighted by atomic mass is 16.5. The van der Waals surface area contributed by atoms with Gasteiger partial charge in [0.2, 0.25) is 0 Å². The van der Waals surface area contributed by atoms with Gasteiger partial charge in [0.15, 0.2) is 0 Å². The van der Waals surface area contributed by atoms with Crippen LogP contribution in [0.3, 0.4) is 0 Å². The Balaban J connectivity index is 1.86. The molecule has 5 nitrogen and oxygen atoms in total. The molecule has 2 aromatic rings. The van der Waals surface area contributed by atoms with Gasteiger partial charge < -0.3 is 19.3 Å². The lowest BCUT2D eigenvalue weighted by Gasteiger charge is -2.29. The number of rotatable bonds is 10. The summed E-state index contributed by atoms with van der Waals surface area (Å²) in [5, 5.41) is 10.4. The topological polar surface area (TPSA) is 51.2 Å². The van der Waals surface area contributed by atoms with E-state index in [2.05, 4.69) is 30.9 Å². The highest BCUT2D eigenvalue weighted by Crippen LogP contribution is 2.18. The van der Waals surface area contributed by atoms with E-state index in [9.17, 15) is 5.11 Å². The summed E-state index contributed by atoms with van der Waals surface area (Å²) in [5.74, 6) is 2.34. The first-order valence-electron chi connectivity index (χ1n) is 8.83. The number of nitrogens with zero attached hydrogens (tertiary/aromatic N) is 1. The molecule has 0 amide bonds. The molecular formula is C21H29NO4. The molecule has 2 aromatic carbocycles. The van der Waals surface area contributed by atoms with E-state index in [1.54, 1.807) is 14.2 Å². The minimum Gasteiger partial charge on any atom is -0.497 e. The van der Waals surface area contributed by atoms with Crippen molar-refractivity contribution < 1.29 is 19.3 Å². The number of hydrogen-bond acceptors (Lipinski definition) is 5. The first kappa shape index (κ1) is 20.1. The molecular weight excluding hydrogens is 330 g/mol. The Morgan fingerprint density at radius 3 is 1.85 bits per heavy atom. The predicted octanol–water partition coefficient (Wildman–Crippen LogP) is 3.35. The van der Waals surface area contributed by atoms with Crippen molar-refractivity contribution in [2.75, 3.05) is 27.4 Å². The quantitative estimate of drug-likeness (QED) is 0.705. The lowest BCUT2D eigenvalue weighted by molar-refractivity contribution is 0.0543. The summed E-state index contributed by atoms with van der Waals surface area (Å²) in [4.78, 5) is 2.23. The average molecular weight is 359 g/mol. The summed E-state index contributed by atoms with van der Waals surface area (Å²) in [5.41, 5.74) is 1.18. The Kier molecular flexibility index (Phi) is 7.75. The van der Waals surface area contributed by atoms with Gasteiger partial charge >= 0.3 is 0 Å². The van der Waals surface area contributed by atoms with Crippen LogP contribution in [0.15, 0.2) is 48.5 Å². The molecule has 0 bridgehead atoms. The minimum absolute atomic E-state index is 0.248. The Hall–Kier alpha value is -2.24. The first-order valence-corrected chi connectivity index (χ1v) is 8.83. The summed E-state index contributed by atoms with van der Waals surface area (Å²) >= 11 is 0. The molecule has 0 radical (unpaired) electrons. The van der Waals surface area contributed by atoms with E-state index in [0.717, 1.165) is 23.8 Å². The standard InChI is InChI=1S/C21H29NO4/c1-16(2)22(13-17-5-7-19(24-3)8-6-17)14-18(23)15-26-21-11-9-20(25-4)10-12-21/h5-12,16,18,23H,13-15H2,1-4H3/t18-/m1/s1. The highest BCUT2D eigenvalue weighted by Gasteiger charge is 2.16. The van der Waals surface area contributed by atoms with Crippen LogP contribution in [0.5, 0.6) is 17.2 Å². The maximum Gasteiger partial charge on any atom is 0.119 e. The van der Waals surface area contributed by atoms with Gasteiger partial charge in [-0.25, -0.2) is 0 Å². The summed E-state index contributed by atoms with van der Waals surface area (Å²) < 4.78 is 16.0. The van der Waals surface area contributed by atoms with E-state index >= 15 is 0 Å². The highest BCUT2D eigenvalue weighted by molar-refractivity contribution is 5.31. The van der Waals surface area contributed by atoms with Gasteiger partial charge in [-0.2, -0.15) is 0 Å². The van der Waals surface area contributed by atoms with E-state index in [0.29, 0.717) is 12.6 Å². The van der Waals surface area contributed by atoms with Crippen molar-refractivity contribution in [3.05, 3.63) is 54.1 Å². The van der Waals surface area contributed by atoms with Crippen LogP contribution in [0.25, 0.3) is 0 Å². The lowest BCUT2D eigenvalue weighted by atomic mass is 10.1. The zero-order valence-electron chi connectivity index (χ0n) is 16.0. The molecule has 0 saturated heterocycles. The number of aliphatic hydroxyl groups excluding tert-OH is 1. The Labute approximate surface area is 156 Å². The van der Waals surface area contributed by atoms with Gasteiger partial charge in [0.1, 0.15) is 30.0 Å². The Morgan fingerprint density at radius 1 is 0.846 bits per heavy atom. The molecule has 26 heavy (non-hydrogen) atoms. The van der Waals surface area contributed by atoms with Crippen molar-refractivity contribution in [2.24, 2.45) is 0 Å². The van der Waals surface area contributed by atoms with Crippen LogP contribution in [0.2, 0.25) is 0 Å². The lowest BCUT2D eigenvalue weighted by Crippen LogP contribution is -2.39. The van der Waals surface area contributed by atoms with E-state index in [-0.39, 0.29) is 6.61 Å². The zero-order chi connectivity index (χ0) is 18.9. The van der Waals surface area contributed by atoms with E-state index in [1.807, 2.05) is 36.4 Å². The third-order valence-electron chi connectivity index (χ3n) is 4.22. The molecule has 0 aromatic heterocycles. The van der Waals surface area contributed by atoms with Gasteiger partial charge in [-0.1, -0.05) is 12.1 Å². The molecule has 5 heteroatoms. The number of ether oxygens (including phenoxy) is 3. The van der Waals surface area contributed by atoms with Crippen LogP contribution < -0.4 is 14.2 Å². The molecule has 0 aliphatic carbocycles. The minimum atomic E-state index is -0.572. The van der Waals surface area contributed by atoms with Crippen molar-refractivity contribution in [1.82, 2.24) is 4.90 Å². The molecule has 142 valence electrons. The summed E-state index contributed by atoms with van der Waals surface area (Å²) in [6.45, 7) is 5.81. The molecule has 0 spiro atoms. The summed E-state index contributed by atoms with van der Waals surface area (Å²) in [6.07, 6.45) is -0.572. The second-order valence-electron chi connectivity index (χ2n) is 6.51. The van der Waals surface area contributed by atoms with Crippen molar-refractivity contribution >= 4 is 0 Å².